The summed E-state index contributed by atoms with van der Waals surface area (Å²) in [6.07, 6.45) is 0.961. The maximum absolute atomic E-state index is 6.08. The number of benzene rings is 1. The topological polar surface area (TPSA) is 26.0 Å². The summed E-state index contributed by atoms with van der Waals surface area (Å²) in [6, 6.07) is 13.3. The first-order chi connectivity index (χ1) is 8.16. The van der Waals surface area contributed by atoms with Crippen molar-refractivity contribution in [1.29, 1.82) is 0 Å². The van der Waals surface area contributed by atoms with Crippen LogP contribution in [-0.4, -0.2) is 6.04 Å². The number of rotatable bonds is 4. The highest BCUT2D eigenvalue weighted by Crippen LogP contribution is 2.25. The van der Waals surface area contributed by atoms with Gasteiger partial charge in [-0.1, -0.05) is 44.2 Å². The van der Waals surface area contributed by atoms with Crippen molar-refractivity contribution in [2.45, 2.75) is 26.3 Å². The molecule has 2 heteroatoms. The highest BCUT2D eigenvalue weighted by atomic mass is 32.1. The smallest absolute Gasteiger partial charge is 0.0342 e. The molecule has 0 fully saturated rings. The molecule has 2 N–H and O–H groups in total. The highest BCUT2D eigenvalue weighted by Gasteiger charge is 2.08. The van der Waals surface area contributed by atoms with Gasteiger partial charge in [-0.05, 0) is 34.9 Å². The van der Waals surface area contributed by atoms with Crippen molar-refractivity contribution in [2.24, 2.45) is 11.7 Å². The second-order valence-corrected chi connectivity index (χ2v) is 5.73. The van der Waals surface area contributed by atoms with Gasteiger partial charge in [0.25, 0.3) is 0 Å². The lowest BCUT2D eigenvalue weighted by Crippen LogP contribution is -2.28. The zero-order valence-electron chi connectivity index (χ0n) is 10.4. The average molecular weight is 245 g/mol. The van der Waals surface area contributed by atoms with Gasteiger partial charge in [0.1, 0.15) is 0 Å². The van der Waals surface area contributed by atoms with E-state index in [4.69, 9.17) is 5.73 Å². The molecule has 2 aromatic rings. The van der Waals surface area contributed by atoms with Crippen molar-refractivity contribution in [3.8, 4) is 10.4 Å². The van der Waals surface area contributed by atoms with E-state index in [9.17, 15) is 0 Å². The van der Waals surface area contributed by atoms with Crippen LogP contribution in [0.1, 0.15) is 19.4 Å². The van der Waals surface area contributed by atoms with Gasteiger partial charge in [0.2, 0.25) is 0 Å². The largest absolute Gasteiger partial charge is 0.327 e. The van der Waals surface area contributed by atoms with Gasteiger partial charge in [-0.2, -0.15) is 0 Å². The molecule has 1 heterocycles. The van der Waals surface area contributed by atoms with Gasteiger partial charge in [0, 0.05) is 10.9 Å². The summed E-state index contributed by atoms with van der Waals surface area (Å²) in [5, 5.41) is 2.11. The molecule has 0 saturated carbocycles. The maximum atomic E-state index is 6.08. The lowest BCUT2D eigenvalue weighted by atomic mass is 9.97. The zero-order chi connectivity index (χ0) is 12.3. The normalized spacial score (nSPS) is 12.9. The molecule has 1 unspecified atom stereocenters. The molecule has 1 aromatic carbocycles. The summed E-state index contributed by atoms with van der Waals surface area (Å²) in [5.41, 5.74) is 8.70. The van der Waals surface area contributed by atoms with Gasteiger partial charge >= 0.3 is 0 Å². The van der Waals surface area contributed by atoms with E-state index in [2.05, 4.69) is 55.6 Å². The fraction of sp³-hybridized carbons (Fsp3) is 0.333. The first kappa shape index (κ1) is 12.3. The summed E-state index contributed by atoms with van der Waals surface area (Å²) >= 11 is 1.78. The Bertz CT molecular complexity index is 442. The lowest BCUT2D eigenvalue weighted by Gasteiger charge is -2.15. The van der Waals surface area contributed by atoms with Crippen molar-refractivity contribution < 1.29 is 0 Å². The molecule has 0 aliphatic rings. The van der Waals surface area contributed by atoms with Crippen molar-refractivity contribution in [3.05, 3.63) is 47.3 Å². The molecule has 0 aliphatic carbocycles. The summed E-state index contributed by atoms with van der Waals surface area (Å²) in [4.78, 5) is 1.32. The van der Waals surface area contributed by atoms with E-state index < -0.39 is 0 Å². The predicted octanol–water partition coefficient (Wildman–Crippen LogP) is 3.94. The summed E-state index contributed by atoms with van der Waals surface area (Å²) in [7, 11) is 0. The standard InChI is InChI=1S/C15H19NS/c1-11(2)14(16)10-12-5-7-13(8-6-12)15-4-3-9-17-15/h3-9,11,14H,10,16H2,1-2H3. The Morgan fingerprint density at radius 1 is 1.12 bits per heavy atom. The highest BCUT2D eigenvalue weighted by molar-refractivity contribution is 7.13. The van der Waals surface area contributed by atoms with E-state index >= 15 is 0 Å². The molecule has 0 amide bonds. The van der Waals surface area contributed by atoms with Gasteiger partial charge < -0.3 is 5.73 Å². The number of thiophene rings is 1. The Morgan fingerprint density at radius 3 is 2.35 bits per heavy atom. The molecular weight excluding hydrogens is 226 g/mol. The van der Waals surface area contributed by atoms with Crippen molar-refractivity contribution in [1.82, 2.24) is 0 Å². The predicted molar refractivity (Wildman–Crippen MR) is 76.3 cm³/mol. The van der Waals surface area contributed by atoms with E-state index in [0.29, 0.717) is 5.92 Å². The summed E-state index contributed by atoms with van der Waals surface area (Å²) in [5.74, 6) is 0.534. The monoisotopic (exact) mass is 245 g/mol. The SMILES string of the molecule is CC(C)C(N)Cc1ccc(-c2cccs2)cc1. The van der Waals surface area contributed by atoms with Crippen molar-refractivity contribution >= 4 is 11.3 Å². The minimum Gasteiger partial charge on any atom is -0.327 e. The van der Waals surface area contributed by atoms with Crippen molar-refractivity contribution in [2.75, 3.05) is 0 Å². The van der Waals surface area contributed by atoms with Crippen molar-refractivity contribution in [3.63, 3.8) is 0 Å². The quantitative estimate of drug-likeness (QED) is 0.867. The first-order valence-electron chi connectivity index (χ1n) is 6.05. The minimum absolute atomic E-state index is 0.252. The molecule has 0 saturated heterocycles. The fourth-order valence-electron chi connectivity index (χ4n) is 1.76. The Morgan fingerprint density at radius 2 is 1.82 bits per heavy atom. The Hall–Kier alpha value is -1.12. The molecule has 0 bridgehead atoms. The van der Waals surface area contributed by atoms with Crippen LogP contribution in [0.15, 0.2) is 41.8 Å². The van der Waals surface area contributed by atoms with Gasteiger partial charge in [-0.15, -0.1) is 11.3 Å². The molecular formula is C15H19NS. The molecule has 1 nitrogen and oxygen atoms in total. The second kappa shape index (κ2) is 5.48. The van der Waals surface area contributed by atoms with Gasteiger partial charge in [0.05, 0.1) is 0 Å². The van der Waals surface area contributed by atoms with Crippen LogP contribution in [0.3, 0.4) is 0 Å². The van der Waals surface area contributed by atoms with Gasteiger partial charge in [-0.25, -0.2) is 0 Å². The number of hydrogen-bond acceptors (Lipinski definition) is 2. The maximum Gasteiger partial charge on any atom is 0.0342 e. The van der Waals surface area contributed by atoms with E-state index in [1.54, 1.807) is 11.3 Å². The van der Waals surface area contributed by atoms with Crippen LogP contribution in [-0.2, 0) is 6.42 Å². The summed E-state index contributed by atoms with van der Waals surface area (Å²) < 4.78 is 0. The Balaban J connectivity index is 2.08. The molecule has 0 aliphatic heterocycles. The van der Waals surface area contributed by atoms with Gasteiger partial charge in [0.15, 0.2) is 0 Å². The lowest BCUT2D eigenvalue weighted by molar-refractivity contribution is 0.490. The number of hydrogen-bond donors (Lipinski definition) is 1. The Kier molecular flexibility index (Phi) is 3.97. The molecule has 1 aromatic heterocycles. The van der Waals surface area contributed by atoms with Crippen LogP contribution in [0.5, 0.6) is 0 Å². The number of nitrogens with two attached hydrogens (primary N) is 1. The molecule has 90 valence electrons. The molecule has 0 spiro atoms. The van der Waals surface area contributed by atoms with Crippen LogP contribution < -0.4 is 5.73 Å². The van der Waals surface area contributed by atoms with Crippen LogP contribution in [0.2, 0.25) is 0 Å². The zero-order valence-corrected chi connectivity index (χ0v) is 11.2. The average Bonchev–Trinajstić information content (AvgIpc) is 2.83. The van der Waals surface area contributed by atoms with E-state index in [1.165, 1.54) is 16.0 Å². The first-order valence-corrected chi connectivity index (χ1v) is 6.93. The van der Waals surface area contributed by atoms with Crippen LogP contribution in [0, 0.1) is 5.92 Å². The molecule has 2 rings (SSSR count). The van der Waals surface area contributed by atoms with E-state index in [1.807, 2.05) is 0 Å². The summed E-state index contributed by atoms with van der Waals surface area (Å²) in [6.45, 7) is 4.34. The third-order valence-electron chi connectivity index (χ3n) is 3.09. The Labute approximate surface area is 107 Å². The third kappa shape index (κ3) is 3.18. The molecule has 17 heavy (non-hydrogen) atoms. The molecule has 0 radical (unpaired) electrons. The fourth-order valence-corrected chi connectivity index (χ4v) is 2.49. The minimum atomic E-state index is 0.252. The third-order valence-corrected chi connectivity index (χ3v) is 4.01. The van der Waals surface area contributed by atoms with E-state index in [-0.39, 0.29) is 6.04 Å². The van der Waals surface area contributed by atoms with Crippen LogP contribution >= 0.6 is 11.3 Å². The van der Waals surface area contributed by atoms with E-state index in [0.717, 1.165) is 6.42 Å². The molecule has 1 atom stereocenters. The second-order valence-electron chi connectivity index (χ2n) is 4.79. The van der Waals surface area contributed by atoms with Gasteiger partial charge in [-0.3, -0.25) is 0 Å². The van der Waals surface area contributed by atoms with Crippen LogP contribution in [0.25, 0.3) is 10.4 Å². The van der Waals surface area contributed by atoms with Crippen LogP contribution in [0.4, 0.5) is 0 Å².